The van der Waals surface area contributed by atoms with E-state index in [0.29, 0.717) is 23.2 Å². The van der Waals surface area contributed by atoms with Crippen LogP contribution in [0.2, 0.25) is 5.02 Å². The summed E-state index contributed by atoms with van der Waals surface area (Å²) < 4.78 is 0. The van der Waals surface area contributed by atoms with Crippen molar-refractivity contribution in [2.75, 3.05) is 12.8 Å². The number of amides is 1. The van der Waals surface area contributed by atoms with E-state index in [9.17, 15) is 4.79 Å². The zero-order valence-corrected chi connectivity index (χ0v) is 18.8. The summed E-state index contributed by atoms with van der Waals surface area (Å²) in [5.74, 6) is 0.549. The van der Waals surface area contributed by atoms with Gasteiger partial charge in [-0.25, -0.2) is 9.97 Å². The van der Waals surface area contributed by atoms with E-state index in [0.717, 1.165) is 40.2 Å². The lowest BCUT2D eigenvalue weighted by Crippen LogP contribution is -2.39. The number of hydrogen-bond acceptors (Lipinski definition) is 4. The molecule has 1 fully saturated rings. The largest absolute Gasteiger partial charge is 0.342 e. The quantitative estimate of drug-likeness (QED) is 0.458. The minimum atomic E-state index is 0.166. The third-order valence-electron chi connectivity index (χ3n) is 5.74. The van der Waals surface area contributed by atoms with Gasteiger partial charge >= 0.3 is 0 Å². The van der Waals surface area contributed by atoms with Crippen LogP contribution >= 0.6 is 23.4 Å². The summed E-state index contributed by atoms with van der Waals surface area (Å²) >= 11 is 7.52. The predicted octanol–water partition coefficient (Wildman–Crippen LogP) is 5.76. The molecule has 1 amide bonds. The lowest BCUT2D eigenvalue weighted by molar-refractivity contribution is -0.129. The van der Waals surface area contributed by atoms with Crippen LogP contribution in [0.15, 0.2) is 53.6 Å². The summed E-state index contributed by atoms with van der Waals surface area (Å²) in [5, 5.41) is 1.54. The van der Waals surface area contributed by atoms with Crippen molar-refractivity contribution in [1.29, 1.82) is 0 Å². The number of benzene rings is 2. The molecule has 1 aliphatic carbocycles. The average molecular weight is 440 g/mol. The first-order chi connectivity index (χ1) is 14.6. The fraction of sp³-hybridized carbons (Fsp3) is 0.375. The van der Waals surface area contributed by atoms with Crippen molar-refractivity contribution in [3.63, 3.8) is 0 Å². The smallest absolute Gasteiger partial charge is 0.232 e. The summed E-state index contributed by atoms with van der Waals surface area (Å²) in [6.45, 7) is 0. The summed E-state index contributed by atoms with van der Waals surface area (Å²) in [7, 11) is 1.94. The van der Waals surface area contributed by atoms with Crippen LogP contribution in [0, 0.1) is 0 Å². The highest BCUT2D eigenvalue weighted by molar-refractivity contribution is 7.99. The van der Waals surface area contributed by atoms with Crippen molar-refractivity contribution in [2.24, 2.45) is 0 Å². The van der Waals surface area contributed by atoms with E-state index in [4.69, 9.17) is 21.6 Å². The minimum absolute atomic E-state index is 0.166. The zero-order chi connectivity index (χ0) is 20.9. The van der Waals surface area contributed by atoms with Crippen LogP contribution in [0.1, 0.15) is 43.4 Å². The highest BCUT2D eigenvalue weighted by atomic mass is 35.5. The Morgan fingerprint density at radius 1 is 1.03 bits per heavy atom. The van der Waals surface area contributed by atoms with Crippen LogP contribution in [-0.4, -0.2) is 39.6 Å². The van der Waals surface area contributed by atoms with Gasteiger partial charge in [-0.15, -0.1) is 0 Å². The average Bonchev–Trinajstić information content (AvgIpc) is 2.79. The Labute approximate surface area is 187 Å². The van der Waals surface area contributed by atoms with Gasteiger partial charge in [0.2, 0.25) is 5.91 Å². The zero-order valence-electron chi connectivity index (χ0n) is 17.2. The first kappa shape index (κ1) is 21.1. The first-order valence-corrected chi connectivity index (χ1v) is 11.8. The number of nitrogens with zero attached hydrogens (tertiary/aromatic N) is 3. The lowest BCUT2D eigenvalue weighted by Gasteiger charge is -2.31. The molecular formula is C24H26ClN3OS. The standard InChI is InChI=1S/C24H26ClN3OS/c1-28(19-7-3-2-4-8-19)23(29)16-30-24-22(15-17-11-13-18(25)14-12-17)26-20-9-5-6-10-21(20)27-24/h5-6,9-14,19H,2-4,7-8,15-16H2,1H3. The second kappa shape index (κ2) is 9.80. The molecule has 6 heteroatoms. The Morgan fingerprint density at radius 3 is 2.40 bits per heavy atom. The number of carbonyl (C=O) groups excluding carboxylic acids is 1. The number of carbonyl (C=O) groups is 1. The molecule has 1 saturated carbocycles. The van der Waals surface area contributed by atoms with Crippen LogP contribution in [0.5, 0.6) is 0 Å². The van der Waals surface area contributed by atoms with E-state index >= 15 is 0 Å². The van der Waals surface area contributed by atoms with E-state index in [1.165, 1.54) is 31.0 Å². The molecule has 1 aliphatic rings. The van der Waals surface area contributed by atoms with Gasteiger partial charge in [-0.05, 0) is 42.7 Å². The molecule has 0 saturated heterocycles. The van der Waals surface area contributed by atoms with E-state index in [1.54, 1.807) is 0 Å². The van der Waals surface area contributed by atoms with Gasteiger partial charge in [0.25, 0.3) is 0 Å². The Morgan fingerprint density at radius 2 is 1.70 bits per heavy atom. The third-order valence-corrected chi connectivity index (χ3v) is 6.98. The van der Waals surface area contributed by atoms with Gasteiger partial charge in [-0.2, -0.15) is 0 Å². The third kappa shape index (κ3) is 5.13. The highest BCUT2D eigenvalue weighted by Gasteiger charge is 2.22. The van der Waals surface area contributed by atoms with Crippen molar-refractivity contribution < 1.29 is 4.79 Å². The van der Waals surface area contributed by atoms with Crippen LogP contribution in [0.4, 0.5) is 0 Å². The molecule has 0 radical (unpaired) electrons. The molecule has 0 bridgehead atoms. The second-order valence-electron chi connectivity index (χ2n) is 7.85. The van der Waals surface area contributed by atoms with E-state index in [1.807, 2.05) is 60.5 Å². The number of fused-ring (bicyclic) bond motifs is 1. The van der Waals surface area contributed by atoms with E-state index in [2.05, 4.69) is 0 Å². The molecule has 0 unspecified atom stereocenters. The van der Waals surface area contributed by atoms with Gasteiger partial charge in [0.15, 0.2) is 0 Å². The normalized spacial score (nSPS) is 14.7. The number of para-hydroxylation sites is 2. The van der Waals surface area contributed by atoms with Gasteiger partial charge in [0.1, 0.15) is 5.03 Å². The van der Waals surface area contributed by atoms with Crippen molar-refractivity contribution in [3.8, 4) is 0 Å². The first-order valence-electron chi connectivity index (χ1n) is 10.5. The molecule has 4 rings (SSSR count). The number of halogens is 1. The van der Waals surface area contributed by atoms with Gasteiger partial charge in [-0.1, -0.05) is 66.9 Å². The number of aromatic nitrogens is 2. The SMILES string of the molecule is CN(C(=O)CSc1nc2ccccc2nc1Cc1ccc(Cl)cc1)C1CCCCC1. The Kier molecular flexibility index (Phi) is 6.90. The molecule has 30 heavy (non-hydrogen) atoms. The number of thioether (sulfide) groups is 1. The molecule has 0 spiro atoms. The fourth-order valence-electron chi connectivity index (χ4n) is 3.95. The van der Waals surface area contributed by atoms with Crippen LogP contribution in [0.3, 0.4) is 0 Å². The molecule has 1 aromatic heterocycles. The molecule has 0 atom stereocenters. The Bertz CT molecular complexity index is 1020. The van der Waals surface area contributed by atoms with Crippen molar-refractivity contribution in [1.82, 2.24) is 14.9 Å². The lowest BCUT2D eigenvalue weighted by atomic mass is 9.94. The molecule has 0 aliphatic heterocycles. The van der Waals surface area contributed by atoms with E-state index in [-0.39, 0.29) is 5.91 Å². The van der Waals surface area contributed by atoms with Gasteiger partial charge < -0.3 is 4.90 Å². The van der Waals surface area contributed by atoms with Crippen molar-refractivity contribution in [3.05, 3.63) is 64.8 Å². The van der Waals surface area contributed by atoms with Gasteiger partial charge in [-0.3, -0.25) is 4.79 Å². The number of hydrogen-bond donors (Lipinski definition) is 0. The van der Waals surface area contributed by atoms with Crippen LogP contribution in [-0.2, 0) is 11.2 Å². The fourth-order valence-corrected chi connectivity index (χ4v) is 4.99. The molecule has 0 N–H and O–H groups in total. The molecule has 3 aromatic rings. The predicted molar refractivity (Wildman–Crippen MR) is 124 cm³/mol. The van der Waals surface area contributed by atoms with Crippen LogP contribution in [0.25, 0.3) is 11.0 Å². The van der Waals surface area contributed by atoms with Crippen molar-refractivity contribution >= 4 is 40.3 Å². The van der Waals surface area contributed by atoms with E-state index < -0.39 is 0 Å². The Balaban J connectivity index is 1.53. The summed E-state index contributed by atoms with van der Waals surface area (Å²) in [4.78, 5) is 24.5. The highest BCUT2D eigenvalue weighted by Crippen LogP contribution is 2.27. The maximum atomic E-state index is 12.8. The van der Waals surface area contributed by atoms with Crippen LogP contribution < -0.4 is 0 Å². The Hall–Kier alpha value is -2.11. The monoisotopic (exact) mass is 439 g/mol. The maximum absolute atomic E-state index is 12.8. The minimum Gasteiger partial charge on any atom is -0.342 e. The molecular weight excluding hydrogens is 414 g/mol. The molecule has 156 valence electrons. The summed E-state index contributed by atoms with van der Waals surface area (Å²) in [5.41, 5.74) is 3.75. The molecule has 1 heterocycles. The topological polar surface area (TPSA) is 46.1 Å². The molecule has 4 nitrogen and oxygen atoms in total. The van der Waals surface area contributed by atoms with Gasteiger partial charge in [0.05, 0.1) is 22.5 Å². The van der Waals surface area contributed by atoms with Crippen molar-refractivity contribution in [2.45, 2.75) is 49.6 Å². The summed E-state index contributed by atoms with van der Waals surface area (Å²) in [6.07, 6.45) is 6.61. The summed E-state index contributed by atoms with van der Waals surface area (Å²) in [6, 6.07) is 16.1. The molecule has 2 aromatic carbocycles. The number of rotatable bonds is 6. The second-order valence-corrected chi connectivity index (χ2v) is 9.25. The maximum Gasteiger partial charge on any atom is 0.232 e. The van der Waals surface area contributed by atoms with Gasteiger partial charge in [0, 0.05) is 24.5 Å².